The Hall–Kier alpha value is -2.18. The van der Waals surface area contributed by atoms with Crippen molar-refractivity contribution in [3.8, 4) is 0 Å². The molecule has 2 aromatic carbocycles. The molecule has 3 rings (SSSR count). The fourth-order valence-electron chi connectivity index (χ4n) is 3.31. The van der Waals surface area contributed by atoms with Crippen LogP contribution >= 0.6 is 0 Å². The van der Waals surface area contributed by atoms with Crippen LogP contribution in [0.3, 0.4) is 0 Å². The number of rotatable bonds is 6. The van der Waals surface area contributed by atoms with Crippen LogP contribution in [-0.2, 0) is 23.0 Å². The molecule has 1 aliphatic heterocycles. The summed E-state index contributed by atoms with van der Waals surface area (Å²) in [6, 6.07) is 14.5. The normalized spacial score (nSPS) is 15.0. The molecular formula is C21H26N2O3S. The Kier molecular flexibility index (Phi) is 5.97. The van der Waals surface area contributed by atoms with Crippen LogP contribution in [0, 0.1) is 0 Å². The maximum atomic E-state index is 12.8. The van der Waals surface area contributed by atoms with E-state index >= 15 is 0 Å². The van der Waals surface area contributed by atoms with E-state index in [9.17, 15) is 13.2 Å². The molecule has 0 spiro atoms. The van der Waals surface area contributed by atoms with Crippen molar-refractivity contribution in [3.05, 3.63) is 65.2 Å². The van der Waals surface area contributed by atoms with Crippen molar-refractivity contribution in [2.24, 2.45) is 0 Å². The fraction of sp³-hybridized carbons (Fsp3) is 0.381. The third kappa shape index (κ3) is 4.39. The van der Waals surface area contributed by atoms with Gasteiger partial charge in [-0.15, -0.1) is 0 Å². The first-order chi connectivity index (χ1) is 12.9. The molecule has 1 amide bonds. The van der Waals surface area contributed by atoms with E-state index in [4.69, 9.17) is 0 Å². The molecule has 1 saturated heterocycles. The van der Waals surface area contributed by atoms with E-state index < -0.39 is 10.0 Å². The fourth-order valence-corrected chi connectivity index (χ4v) is 4.88. The zero-order valence-electron chi connectivity index (χ0n) is 15.9. The second-order valence-corrected chi connectivity index (χ2v) is 8.91. The van der Waals surface area contributed by atoms with Crippen LogP contribution in [0.4, 0.5) is 0 Å². The second kappa shape index (κ2) is 8.23. The summed E-state index contributed by atoms with van der Waals surface area (Å²) in [4.78, 5) is 14.6. The van der Waals surface area contributed by atoms with Gasteiger partial charge in [-0.25, -0.2) is 8.42 Å². The topological polar surface area (TPSA) is 57.7 Å². The minimum Gasteiger partial charge on any atom is -0.337 e. The average molecular weight is 387 g/mol. The lowest BCUT2D eigenvalue weighted by Crippen LogP contribution is -2.29. The highest BCUT2D eigenvalue weighted by Crippen LogP contribution is 2.22. The van der Waals surface area contributed by atoms with Gasteiger partial charge in [0, 0.05) is 32.2 Å². The van der Waals surface area contributed by atoms with Crippen molar-refractivity contribution in [3.63, 3.8) is 0 Å². The lowest BCUT2D eigenvalue weighted by molar-refractivity contribution is 0.0785. The first-order valence-electron chi connectivity index (χ1n) is 9.35. The van der Waals surface area contributed by atoms with E-state index in [1.54, 1.807) is 30.1 Å². The summed E-state index contributed by atoms with van der Waals surface area (Å²) in [6.45, 7) is 3.68. The second-order valence-electron chi connectivity index (χ2n) is 6.97. The van der Waals surface area contributed by atoms with Gasteiger partial charge in [-0.2, -0.15) is 4.31 Å². The van der Waals surface area contributed by atoms with E-state index in [1.807, 2.05) is 12.1 Å². The summed E-state index contributed by atoms with van der Waals surface area (Å²) in [7, 11) is -1.79. The molecule has 0 aromatic heterocycles. The highest BCUT2D eigenvalue weighted by molar-refractivity contribution is 7.89. The van der Waals surface area contributed by atoms with Gasteiger partial charge >= 0.3 is 0 Å². The van der Waals surface area contributed by atoms with Gasteiger partial charge < -0.3 is 4.90 Å². The summed E-state index contributed by atoms with van der Waals surface area (Å²) in [6.07, 6.45) is 2.75. The zero-order valence-corrected chi connectivity index (χ0v) is 16.7. The number of hydrogen-bond donors (Lipinski definition) is 0. The molecule has 0 unspecified atom stereocenters. The first kappa shape index (κ1) is 19.6. The SMILES string of the molecule is CCc1ccc(CN(C)C(=O)c2cccc(S(=O)(=O)N3CCCC3)c2)cc1. The molecule has 0 saturated carbocycles. The predicted molar refractivity (Wildman–Crippen MR) is 106 cm³/mol. The molecule has 0 radical (unpaired) electrons. The van der Waals surface area contributed by atoms with Gasteiger partial charge in [-0.3, -0.25) is 4.79 Å². The van der Waals surface area contributed by atoms with Crippen LogP contribution in [-0.4, -0.2) is 43.7 Å². The Morgan fingerprint density at radius 1 is 1.04 bits per heavy atom. The van der Waals surface area contributed by atoms with E-state index in [2.05, 4.69) is 19.1 Å². The van der Waals surface area contributed by atoms with Crippen LogP contribution < -0.4 is 0 Å². The van der Waals surface area contributed by atoms with Gasteiger partial charge in [0.2, 0.25) is 10.0 Å². The van der Waals surface area contributed by atoms with Crippen molar-refractivity contribution in [2.45, 2.75) is 37.6 Å². The number of nitrogens with zero attached hydrogens (tertiary/aromatic N) is 2. The summed E-state index contributed by atoms with van der Waals surface area (Å²) >= 11 is 0. The minimum absolute atomic E-state index is 0.187. The van der Waals surface area contributed by atoms with Crippen LogP contribution in [0.1, 0.15) is 41.3 Å². The lowest BCUT2D eigenvalue weighted by atomic mass is 10.1. The van der Waals surface area contributed by atoms with Crippen molar-refractivity contribution in [2.75, 3.05) is 20.1 Å². The number of hydrogen-bond acceptors (Lipinski definition) is 3. The quantitative estimate of drug-likeness (QED) is 0.765. The van der Waals surface area contributed by atoms with Crippen LogP contribution in [0.5, 0.6) is 0 Å². The standard InChI is InChI=1S/C21H26N2O3S/c1-3-17-9-11-18(12-10-17)16-22(2)21(24)19-7-6-8-20(15-19)27(25,26)23-13-4-5-14-23/h6-12,15H,3-5,13-14,16H2,1-2H3. The van der Waals surface area contributed by atoms with Crippen LogP contribution in [0.15, 0.2) is 53.4 Å². The maximum absolute atomic E-state index is 12.8. The van der Waals surface area contributed by atoms with Crippen LogP contribution in [0.25, 0.3) is 0 Å². The number of benzene rings is 2. The Bertz CT molecular complexity index is 901. The van der Waals surface area contributed by atoms with Gasteiger partial charge in [-0.1, -0.05) is 37.3 Å². The molecule has 0 bridgehead atoms. The number of carbonyl (C=O) groups excluding carboxylic acids is 1. The summed E-state index contributed by atoms with van der Waals surface area (Å²) in [5, 5.41) is 0. The number of carbonyl (C=O) groups is 1. The van der Waals surface area contributed by atoms with E-state index in [-0.39, 0.29) is 10.8 Å². The smallest absolute Gasteiger partial charge is 0.253 e. The Morgan fingerprint density at radius 2 is 1.67 bits per heavy atom. The molecule has 1 fully saturated rings. The van der Waals surface area contributed by atoms with E-state index in [0.29, 0.717) is 25.2 Å². The third-order valence-corrected chi connectivity index (χ3v) is 6.88. The number of amides is 1. The van der Waals surface area contributed by atoms with Crippen molar-refractivity contribution < 1.29 is 13.2 Å². The molecule has 1 aliphatic rings. The molecule has 5 nitrogen and oxygen atoms in total. The van der Waals surface area contributed by atoms with Crippen molar-refractivity contribution in [1.29, 1.82) is 0 Å². The maximum Gasteiger partial charge on any atom is 0.253 e. The van der Waals surface area contributed by atoms with Crippen molar-refractivity contribution in [1.82, 2.24) is 9.21 Å². The minimum atomic E-state index is -3.52. The van der Waals surface area contributed by atoms with Crippen LogP contribution in [0.2, 0.25) is 0 Å². The van der Waals surface area contributed by atoms with E-state index in [0.717, 1.165) is 24.8 Å². The molecular weight excluding hydrogens is 360 g/mol. The third-order valence-electron chi connectivity index (χ3n) is 4.98. The molecule has 6 heteroatoms. The van der Waals surface area contributed by atoms with Gasteiger partial charge in [0.25, 0.3) is 5.91 Å². The van der Waals surface area contributed by atoms with Gasteiger partial charge in [0.15, 0.2) is 0 Å². The summed E-state index contributed by atoms with van der Waals surface area (Å²) in [5.74, 6) is -0.187. The largest absolute Gasteiger partial charge is 0.337 e. The predicted octanol–water partition coefficient (Wildman–Crippen LogP) is 3.31. The lowest BCUT2D eigenvalue weighted by Gasteiger charge is -2.19. The molecule has 1 heterocycles. The zero-order chi connectivity index (χ0) is 19.4. The Balaban J connectivity index is 1.76. The molecule has 0 aliphatic carbocycles. The average Bonchev–Trinajstić information content (AvgIpc) is 3.24. The molecule has 2 aromatic rings. The summed E-state index contributed by atoms with van der Waals surface area (Å²) < 4.78 is 27.0. The van der Waals surface area contributed by atoms with E-state index in [1.165, 1.54) is 15.9 Å². The molecule has 0 N–H and O–H groups in total. The first-order valence-corrected chi connectivity index (χ1v) is 10.8. The Morgan fingerprint density at radius 3 is 2.30 bits per heavy atom. The number of aryl methyl sites for hydroxylation is 1. The Labute approximate surface area is 161 Å². The van der Waals surface area contributed by atoms with Gasteiger partial charge in [0.05, 0.1) is 4.90 Å². The molecule has 0 atom stereocenters. The highest BCUT2D eigenvalue weighted by atomic mass is 32.2. The molecule has 144 valence electrons. The van der Waals surface area contributed by atoms with Gasteiger partial charge in [-0.05, 0) is 48.6 Å². The highest BCUT2D eigenvalue weighted by Gasteiger charge is 2.27. The monoisotopic (exact) mass is 386 g/mol. The number of sulfonamides is 1. The van der Waals surface area contributed by atoms with Gasteiger partial charge in [0.1, 0.15) is 0 Å². The summed E-state index contributed by atoms with van der Waals surface area (Å²) in [5.41, 5.74) is 2.69. The molecule has 27 heavy (non-hydrogen) atoms. The van der Waals surface area contributed by atoms with Crippen molar-refractivity contribution >= 4 is 15.9 Å².